The van der Waals surface area contributed by atoms with Crippen molar-refractivity contribution in [1.29, 1.82) is 0 Å². The van der Waals surface area contributed by atoms with Crippen LogP contribution < -0.4 is 0 Å². The molecule has 1 saturated heterocycles. The number of likely N-dealkylation sites (tertiary alicyclic amines) is 1. The Balaban J connectivity index is 1.51. The van der Waals surface area contributed by atoms with Gasteiger partial charge in [0, 0.05) is 25.9 Å². The van der Waals surface area contributed by atoms with Crippen molar-refractivity contribution in [3.05, 3.63) is 35.4 Å². The van der Waals surface area contributed by atoms with Crippen LogP contribution in [0, 0.1) is 0 Å². The fourth-order valence-corrected chi connectivity index (χ4v) is 4.28. The topological polar surface area (TPSA) is 37.4 Å². The molecule has 1 aromatic carbocycles. The van der Waals surface area contributed by atoms with Crippen LogP contribution in [0.25, 0.3) is 0 Å². The number of benzene rings is 1. The molecule has 1 aliphatic carbocycles. The van der Waals surface area contributed by atoms with Gasteiger partial charge in [-0.2, -0.15) is 0 Å². The Morgan fingerprint density at radius 3 is 2.48 bits per heavy atom. The Morgan fingerprint density at radius 2 is 1.74 bits per heavy atom. The highest BCUT2D eigenvalue weighted by molar-refractivity contribution is 5.77. The number of rotatable bonds is 5. The van der Waals surface area contributed by atoms with Crippen LogP contribution in [0.5, 0.6) is 0 Å². The quantitative estimate of drug-likeness (QED) is 0.778. The summed E-state index contributed by atoms with van der Waals surface area (Å²) < 4.78 is 0. The minimum Gasteiger partial charge on any atom is -0.343 e. The summed E-state index contributed by atoms with van der Waals surface area (Å²) in [4.78, 5) is 25.3. The Bertz CT molecular complexity index is 585. The average molecular weight is 313 g/mol. The molecule has 0 unspecified atom stereocenters. The van der Waals surface area contributed by atoms with Gasteiger partial charge in [0.25, 0.3) is 0 Å². The molecule has 0 aromatic heterocycles. The standard InChI is InChI=1S/C20H27NO2/c1-16(22)6-2-5-9-19(23)21-14-12-20(13-15-21)11-10-17-7-3-4-8-18(17)20/h3-4,7-8H,2,5-6,9-15H2,1H3. The first-order chi connectivity index (χ1) is 11.1. The normalized spacial score (nSPS) is 18.9. The van der Waals surface area contributed by atoms with Gasteiger partial charge in [-0.1, -0.05) is 24.3 Å². The lowest BCUT2D eigenvalue weighted by Crippen LogP contribution is -2.44. The molecule has 3 rings (SSSR count). The van der Waals surface area contributed by atoms with Crippen molar-refractivity contribution in [1.82, 2.24) is 4.90 Å². The Hall–Kier alpha value is -1.64. The molecule has 1 fully saturated rings. The number of hydrogen-bond donors (Lipinski definition) is 0. The Kier molecular flexibility index (Phi) is 4.84. The number of piperidine rings is 1. The Morgan fingerprint density at radius 1 is 1.04 bits per heavy atom. The van der Waals surface area contributed by atoms with Crippen molar-refractivity contribution in [3.63, 3.8) is 0 Å². The largest absolute Gasteiger partial charge is 0.343 e. The van der Waals surface area contributed by atoms with Crippen LogP contribution in [0.3, 0.4) is 0 Å². The number of ketones is 1. The van der Waals surface area contributed by atoms with Gasteiger partial charge in [0.2, 0.25) is 5.91 Å². The summed E-state index contributed by atoms with van der Waals surface area (Å²) in [6.45, 7) is 3.39. The van der Waals surface area contributed by atoms with Gasteiger partial charge in [-0.05, 0) is 62.0 Å². The summed E-state index contributed by atoms with van der Waals surface area (Å²) in [6, 6.07) is 8.84. The molecule has 0 bridgehead atoms. The van der Waals surface area contributed by atoms with Crippen LogP contribution in [0.15, 0.2) is 24.3 Å². The third-order valence-electron chi connectivity index (χ3n) is 5.70. The number of fused-ring (bicyclic) bond motifs is 2. The van der Waals surface area contributed by atoms with Gasteiger partial charge in [-0.15, -0.1) is 0 Å². The van der Waals surface area contributed by atoms with E-state index < -0.39 is 0 Å². The zero-order valence-corrected chi connectivity index (χ0v) is 14.1. The number of aryl methyl sites for hydroxylation is 1. The van der Waals surface area contributed by atoms with Crippen LogP contribution >= 0.6 is 0 Å². The maximum absolute atomic E-state index is 12.3. The van der Waals surface area contributed by atoms with Crippen LogP contribution in [0.2, 0.25) is 0 Å². The van der Waals surface area contributed by atoms with E-state index in [2.05, 4.69) is 24.3 Å². The molecule has 1 heterocycles. The number of carbonyl (C=O) groups excluding carboxylic acids is 2. The van der Waals surface area contributed by atoms with Crippen LogP contribution in [-0.4, -0.2) is 29.7 Å². The zero-order valence-electron chi connectivity index (χ0n) is 14.1. The predicted molar refractivity (Wildman–Crippen MR) is 91.4 cm³/mol. The van der Waals surface area contributed by atoms with Gasteiger partial charge < -0.3 is 9.69 Å². The summed E-state index contributed by atoms with van der Waals surface area (Å²) in [5.74, 6) is 0.493. The molecule has 3 nitrogen and oxygen atoms in total. The minimum atomic E-state index is 0.220. The van der Waals surface area contributed by atoms with Crippen LogP contribution in [0.4, 0.5) is 0 Å². The fraction of sp³-hybridized carbons (Fsp3) is 0.600. The second-order valence-corrected chi connectivity index (χ2v) is 7.23. The summed E-state index contributed by atoms with van der Waals surface area (Å²) in [7, 11) is 0. The van der Waals surface area contributed by atoms with Gasteiger partial charge in [0.15, 0.2) is 0 Å². The van der Waals surface area contributed by atoms with Gasteiger partial charge in [-0.3, -0.25) is 4.79 Å². The highest BCUT2D eigenvalue weighted by Gasteiger charge is 2.41. The molecule has 0 radical (unpaired) electrons. The predicted octanol–water partition coefficient (Wildman–Crippen LogP) is 3.64. The van der Waals surface area contributed by atoms with Crippen molar-refractivity contribution >= 4 is 11.7 Å². The summed E-state index contributed by atoms with van der Waals surface area (Å²) in [5, 5.41) is 0. The lowest BCUT2D eigenvalue weighted by Gasteiger charge is -2.40. The molecule has 1 aliphatic heterocycles. The lowest BCUT2D eigenvalue weighted by molar-refractivity contribution is -0.133. The number of amides is 1. The zero-order chi connectivity index (χ0) is 16.3. The van der Waals surface area contributed by atoms with Crippen molar-refractivity contribution in [2.75, 3.05) is 13.1 Å². The molecular formula is C20H27NO2. The number of hydrogen-bond acceptors (Lipinski definition) is 2. The average Bonchev–Trinajstić information content (AvgIpc) is 2.91. The van der Waals surface area contributed by atoms with E-state index in [1.807, 2.05) is 4.90 Å². The molecule has 1 aromatic rings. The number of carbonyl (C=O) groups is 2. The molecule has 23 heavy (non-hydrogen) atoms. The highest BCUT2D eigenvalue weighted by Crippen LogP contribution is 2.46. The first-order valence-corrected chi connectivity index (χ1v) is 8.96. The van der Waals surface area contributed by atoms with Crippen molar-refractivity contribution in [2.45, 2.75) is 63.7 Å². The summed E-state index contributed by atoms with van der Waals surface area (Å²) in [5.41, 5.74) is 3.37. The minimum absolute atomic E-state index is 0.220. The SMILES string of the molecule is CC(=O)CCCCC(=O)N1CCC2(CCc3ccccc32)CC1. The van der Waals surface area contributed by atoms with E-state index in [9.17, 15) is 9.59 Å². The maximum Gasteiger partial charge on any atom is 0.222 e. The maximum atomic E-state index is 12.3. The van der Waals surface area contributed by atoms with E-state index in [0.29, 0.717) is 18.3 Å². The third-order valence-corrected chi connectivity index (χ3v) is 5.70. The van der Waals surface area contributed by atoms with Crippen LogP contribution in [0.1, 0.15) is 63.0 Å². The number of Topliss-reactive ketones (excluding diaryl/α,β-unsaturated/α-hetero) is 1. The second kappa shape index (κ2) is 6.86. The molecule has 3 heteroatoms. The molecule has 1 spiro atoms. The number of unbranched alkanes of at least 4 members (excludes halogenated alkanes) is 1. The second-order valence-electron chi connectivity index (χ2n) is 7.23. The lowest BCUT2D eigenvalue weighted by atomic mass is 9.74. The van der Waals surface area contributed by atoms with Gasteiger partial charge >= 0.3 is 0 Å². The van der Waals surface area contributed by atoms with Gasteiger partial charge in [0.05, 0.1) is 0 Å². The van der Waals surface area contributed by atoms with E-state index in [1.54, 1.807) is 6.92 Å². The van der Waals surface area contributed by atoms with E-state index >= 15 is 0 Å². The number of nitrogens with zero attached hydrogens (tertiary/aromatic N) is 1. The highest BCUT2D eigenvalue weighted by atomic mass is 16.2. The molecule has 0 N–H and O–H groups in total. The van der Waals surface area contributed by atoms with E-state index in [1.165, 1.54) is 24.0 Å². The molecule has 1 amide bonds. The first kappa shape index (κ1) is 16.2. The summed E-state index contributed by atoms with van der Waals surface area (Å²) in [6.07, 6.45) is 7.51. The third kappa shape index (κ3) is 3.49. The van der Waals surface area contributed by atoms with Gasteiger partial charge in [0.1, 0.15) is 5.78 Å². The Labute approximate surface area is 139 Å². The molecule has 0 atom stereocenters. The molecule has 0 saturated carbocycles. The molecule has 124 valence electrons. The fourth-order valence-electron chi connectivity index (χ4n) is 4.28. The first-order valence-electron chi connectivity index (χ1n) is 8.96. The van der Waals surface area contributed by atoms with Gasteiger partial charge in [-0.25, -0.2) is 0 Å². The van der Waals surface area contributed by atoms with E-state index in [0.717, 1.165) is 38.8 Å². The molecule has 2 aliphatic rings. The van der Waals surface area contributed by atoms with E-state index in [4.69, 9.17) is 0 Å². The van der Waals surface area contributed by atoms with Crippen molar-refractivity contribution in [3.8, 4) is 0 Å². The van der Waals surface area contributed by atoms with Crippen LogP contribution in [-0.2, 0) is 21.4 Å². The smallest absolute Gasteiger partial charge is 0.222 e. The summed E-state index contributed by atoms with van der Waals surface area (Å²) >= 11 is 0. The van der Waals surface area contributed by atoms with E-state index in [-0.39, 0.29) is 11.7 Å². The van der Waals surface area contributed by atoms with Crippen molar-refractivity contribution in [2.24, 2.45) is 0 Å². The molecular weight excluding hydrogens is 286 g/mol. The van der Waals surface area contributed by atoms with Crippen molar-refractivity contribution < 1.29 is 9.59 Å². The monoisotopic (exact) mass is 313 g/mol.